The second kappa shape index (κ2) is 9.48. The quantitative estimate of drug-likeness (QED) is 0.552. The fraction of sp³-hybridized carbons (Fsp3) is 0.136. The molecule has 1 saturated heterocycles. The van der Waals surface area contributed by atoms with Crippen molar-refractivity contribution < 1.29 is 9.59 Å². The number of hydrogen-bond donors (Lipinski definition) is 1. The number of carbonyl (C=O) groups is 2. The highest BCUT2D eigenvalue weighted by molar-refractivity contribution is 8.26. The van der Waals surface area contributed by atoms with Crippen LogP contribution in [0.4, 0.5) is 5.69 Å². The van der Waals surface area contributed by atoms with Crippen LogP contribution >= 0.6 is 24.0 Å². The van der Waals surface area contributed by atoms with Gasteiger partial charge in [-0.2, -0.15) is 0 Å². The average molecular weight is 409 g/mol. The Morgan fingerprint density at radius 2 is 1.96 bits per heavy atom. The van der Waals surface area contributed by atoms with Crippen molar-refractivity contribution in [3.8, 4) is 0 Å². The van der Waals surface area contributed by atoms with E-state index in [0.29, 0.717) is 9.23 Å². The van der Waals surface area contributed by atoms with E-state index in [1.54, 1.807) is 6.08 Å². The third kappa shape index (κ3) is 5.41. The van der Waals surface area contributed by atoms with E-state index in [2.05, 4.69) is 5.32 Å². The van der Waals surface area contributed by atoms with Crippen LogP contribution in [0, 0.1) is 6.92 Å². The van der Waals surface area contributed by atoms with E-state index < -0.39 is 0 Å². The molecule has 4 nitrogen and oxygen atoms in total. The van der Waals surface area contributed by atoms with Gasteiger partial charge in [0, 0.05) is 18.7 Å². The van der Waals surface area contributed by atoms with E-state index >= 15 is 0 Å². The van der Waals surface area contributed by atoms with Crippen molar-refractivity contribution in [3.63, 3.8) is 0 Å². The Labute approximate surface area is 174 Å². The normalized spacial score (nSPS) is 15.6. The summed E-state index contributed by atoms with van der Waals surface area (Å²) in [6, 6.07) is 17.4. The highest BCUT2D eigenvalue weighted by atomic mass is 32.2. The molecule has 0 radical (unpaired) electrons. The highest BCUT2D eigenvalue weighted by Crippen LogP contribution is 2.31. The summed E-state index contributed by atoms with van der Waals surface area (Å²) >= 11 is 6.57. The number of thioether (sulfide) groups is 1. The zero-order valence-electron chi connectivity index (χ0n) is 15.4. The molecule has 0 aromatic heterocycles. The molecule has 142 valence electrons. The molecule has 2 aromatic rings. The minimum absolute atomic E-state index is 0.146. The maximum atomic E-state index is 12.6. The van der Waals surface area contributed by atoms with Gasteiger partial charge in [0.25, 0.3) is 5.91 Å². The lowest BCUT2D eigenvalue weighted by molar-refractivity contribution is -0.122. The van der Waals surface area contributed by atoms with Crippen molar-refractivity contribution in [2.45, 2.75) is 13.3 Å². The summed E-state index contributed by atoms with van der Waals surface area (Å²) in [6.45, 7) is 2.23. The van der Waals surface area contributed by atoms with E-state index in [1.807, 2.05) is 73.7 Å². The van der Waals surface area contributed by atoms with Gasteiger partial charge in [0.1, 0.15) is 4.32 Å². The molecule has 0 bridgehead atoms. The first kappa shape index (κ1) is 20.0. The van der Waals surface area contributed by atoms with E-state index in [9.17, 15) is 9.59 Å². The number of carbonyl (C=O) groups excluding carboxylic acids is 2. The number of amides is 2. The van der Waals surface area contributed by atoms with Gasteiger partial charge in [0.15, 0.2) is 0 Å². The Balaban J connectivity index is 1.55. The van der Waals surface area contributed by atoms with Crippen LogP contribution in [0.2, 0.25) is 0 Å². The van der Waals surface area contributed by atoms with Crippen LogP contribution in [0.25, 0.3) is 6.08 Å². The maximum Gasteiger partial charge on any atom is 0.266 e. The van der Waals surface area contributed by atoms with Crippen LogP contribution in [0.5, 0.6) is 0 Å². The maximum absolute atomic E-state index is 12.6. The molecule has 2 aromatic carbocycles. The van der Waals surface area contributed by atoms with E-state index in [0.717, 1.165) is 16.8 Å². The summed E-state index contributed by atoms with van der Waals surface area (Å²) in [6.07, 6.45) is 5.72. The number of nitrogens with zero attached hydrogens (tertiary/aromatic N) is 1. The van der Waals surface area contributed by atoms with Crippen LogP contribution in [-0.4, -0.2) is 27.6 Å². The van der Waals surface area contributed by atoms with Gasteiger partial charge in [0.05, 0.1) is 4.91 Å². The Kier molecular flexibility index (Phi) is 6.79. The molecule has 1 N–H and O–H groups in total. The van der Waals surface area contributed by atoms with Crippen LogP contribution in [0.3, 0.4) is 0 Å². The summed E-state index contributed by atoms with van der Waals surface area (Å²) in [7, 11) is 0. The Bertz CT molecular complexity index is 952. The molecule has 0 atom stereocenters. The van der Waals surface area contributed by atoms with Crippen molar-refractivity contribution >= 4 is 51.9 Å². The lowest BCUT2D eigenvalue weighted by Gasteiger charge is -2.14. The van der Waals surface area contributed by atoms with Gasteiger partial charge in [-0.1, -0.05) is 78.6 Å². The van der Waals surface area contributed by atoms with Crippen molar-refractivity contribution in [2.24, 2.45) is 0 Å². The minimum Gasteiger partial charge on any atom is -0.326 e. The number of nitrogens with one attached hydrogen (secondary N) is 1. The summed E-state index contributed by atoms with van der Waals surface area (Å²) in [4.78, 5) is 26.8. The molecular weight excluding hydrogens is 388 g/mol. The number of thiocarbonyl (C=S) groups is 1. The molecule has 1 fully saturated rings. The van der Waals surface area contributed by atoms with E-state index in [4.69, 9.17) is 12.2 Å². The van der Waals surface area contributed by atoms with Crippen molar-refractivity contribution in [3.05, 3.63) is 82.8 Å². The molecule has 0 unspecified atom stereocenters. The first-order valence-corrected chi connectivity index (χ1v) is 10.1. The second-order valence-electron chi connectivity index (χ2n) is 6.29. The molecule has 0 saturated carbocycles. The molecule has 2 amide bonds. The van der Waals surface area contributed by atoms with Gasteiger partial charge in [0.2, 0.25) is 5.91 Å². The molecule has 28 heavy (non-hydrogen) atoms. The van der Waals surface area contributed by atoms with Gasteiger partial charge in [-0.25, -0.2) is 0 Å². The largest absolute Gasteiger partial charge is 0.326 e. The second-order valence-corrected chi connectivity index (χ2v) is 7.97. The SMILES string of the molecule is Cc1cccc(NC(=O)CCN2C(=O)/C(=C/C=C/c3ccccc3)SC2=S)c1. The third-order valence-corrected chi connectivity index (χ3v) is 5.47. The zero-order valence-corrected chi connectivity index (χ0v) is 17.1. The topological polar surface area (TPSA) is 49.4 Å². The van der Waals surface area contributed by atoms with Crippen LogP contribution in [0.1, 0.15) is 17.5 Å². The van der Waals surface area contributed by atoms with Crippen molar-refractivity contribution in [1.82, 2.24) is 4.90 Å². The molecule has 1 heterocycles. The molecular formula is C22H20N2O2S2. The summed E-state index contributed by atoms with van der Waals surface area (Å²) in [5.41, 5.74) is 2.88. The van der Waals surface area contributed by atoms with Crippen LogP contribution < -0.4 is 5.32 Å². The number of benzene rings is 2. The number of aryl methyl sites for hydroxylation is 1. The molecule has 0 aliphatic carbocycles. The monoisotopic (exact) mass is 408 g/mol. The number of allylic oxidation sites excluding steroid dienone is 2. The molecule has 1 aliphatic heterocycles. The number of rotatable bonds is 6. The summed E-state index contributed by atoms with van der Waals surface area (Å²) in [5, 5.41) is 2.85. The predicted molar refractivity (Wildman–Crippen MR) is 120 cm³/mol. The van der Waals surface area contributed by atoms with Gasteiger partial charge in [-0.3, -0.25) is 14.5 Å². The number of hydrogen-bond acceptors (Lipinski definition) is 4. The summed E-state index contributed by atoms with van der Waals surface area (Å²) < 4.78 is 0.479. The Hall–Kier alpha value is -2.70. The highest BCUT2D eigenvalue weighted by Gasteiger charge is 2.31. The average Bonchev–Trinajstić information content (AvgIpc) is 2.94. The summed E-state index contributed by atoms with van der Waals surface area (Å²) in [5.74, 6) is -0.302. The fourth-order valence-corrected chi connectivity index (χ4v) is 3.94. The smallest absolute Gasteiger partial charge is 0.266 e. The van der Waals surface area contributed by atoms with Gasteiger partial charge in [-0.05, 0) is 36.3 Å². The zero-order chi connectivity index (χ0) is 19.9. The first-order valence-electron chi connectivity index (χ1n) is 8.86. The molecule has 3 rings (SSSR count). The first-order chi connectivity index (χ1) is 13.5. The number of anilines is 1. The Morgan fingerprint density at radius 1 is 1.18 bits per heavy atom. The van der Waals surface area contributed by atoms with E-state index in [1.165, 1.54) is 16.7 Å². The van der Waals surface area contributed by atoms with Gasteiger partial charge >= 0.3 is 0 Å². The standard InChI is InChI=1S/C22H20N2O2S2/c1-16-7-5-11-18(15-16)23-20(25)13-14-24-21(26)19(28-22(24)27)12-6-10-17-8-3-2-4-9-17/h2-12,15H,13-14H2,1H3,(H,23,25)/b10-6+,19-12-. The molecule has 1 aliphatic rings. The Morgan fingerprint density at radius 3 is 2.71 bits per heavy atom. The molecule has 0 spiro atoms. The van der Waals surface area contributed by atoms with Crippen LogP contribution in [-0.2, 0) is 9.59 Å². The van der Waals surface area contributed by atoms with Gasteiger partial charge < -0.3 is 5.32 Å². The van der Waals surface area contributed by atoms with Crippen molar-refractivity contribution in [2.75, 3.05) is 11.9 Å². The van der Waals surface area contributed by atoms with Gasteiger partial charge in [-0.15, -0.1) is 0 Å². The van der Waals surface area contributed by atoms with E-state index in [-0.39, 0.29) is 24.8 Å². The van der Waals surface area contributed by atoms with Crippen molar-refractivity contribution in [1.29, 1.82) is 0 Å². The molecule has 6 heteroatoms. The lowest BCUT2D eigenvalue weighted by atomic mass is 10.2. The fourth-order valence-electron chi connectivity index (χ4n) is 2.68. The predicted octanol–water partition coefficient (Wildman–Crippen LogP) is 4.78. The third-order valence-electron chi connectivity index (χ3n) is 4.07. The lowest BCUT2D eigenvalue weighted by Crippen LogP contribution is -2.31. The van der Waals surface area contributed by atoms with Crippen LogP contribution in [0.15, 0.2) is 71.7 Å². The minimum atomic E-state index is -0.156.